The van der Waals surface area contributed by atoms with E-state index in [2.05, 4.69) is 40.2 Å². The molecule has 3 atom stereocenters. The van der Waals surface area contributed by atoms with Crippen molar-refractivity contribution in [3.05, 3.63) is 34.3 Å². The Bertz CT molecular complexity index is 409. The van der Waals surface area contributed by atoms with E-state index in [-0.39, 0.29) is 12.7 Å². The molecule has 1 heterocycles. The fraction of sp³-hybridized carbons (Fsp3) is 0.625. The van der Waals surface area contributed by atoms with E-state index in [1.54, 1.807) is 0 Å². The van der Waals surface area contributed by atoms with Crippen molar-refractivity contribution < 1.29 is 19.7 Å². The predicted octanol–water partition coefficient (Wildman–Crippen LogP) is 2.65. The van der Waals surface area contributed by atoms with Crippen LogP contribution in [0.25, 0.3) is 0 Å². The number of ether oxygens (including phenoxy) is 2. The molecule has 2 rings (SSSR count). The third kappa shape index (κ3) is 6.04. The second-order valence-corrected chi connectivity index (χ2v) is 6.37. The lowest BCUT2D eigenvalue weighted by Gasteiger charge is -2.32. The monoisotopic (exact) mass is 358 g/mol. The van der Waals surface area contributed by atoms with Gasteiger partial charge in [-0.05, 0) is 37.0 Å². The summed E-state index contributed by atoms with van der Waals surface area (Å²) in [7, 11) is 0. The SMILES string of the molecule is OCC1CC(O)CC(OCCCCc2ccc(Br)cc2)O1. The number of hydrogen-bond donors (Lipinski definition) is 2. The molecule has 1 aromatic rings. The van der Waals surface area contributed by atoms with Crippen molar-refractivity contribution in [3.63, 3.8) is 0 Å². The second kappa shape index (κ2) is 8.86. The first kappa shape index (κ1) is 16.9. The minimum absolute atomic E-state index is 0.0690. The Morgan fingerprint density at radius 1 is 1.19 bits per heavy atom. The maximum atomic E-state index is 9.68. The van der Waals surface area contributed by atoms with Crippen LogP contribution in [-0.4, -0.2) is 41.9 Å². The normalized spacial score (nSPS) is 26.0. The van der Waals surface area contributed by atoms with Gasteiger partial charge in [-0.3, -0.25) is 0 Å². The standard InChI is InChI=1S/C16H23BrO4/c17-13-6-4-12(5-7-13)3-1-2-8-20-16-10-14(19)9-15(11-18)21-16/h4-7,14-16,18-19H,1-3,8-11H2. The van der Waals surface area contributed by atoms with Gasteiger partial charge in [0.1, 0.15) is 0 Å². The van der Waals surface area contributed by atoms with Crippen LogP contribution >= 0.6 is 15.9 Å². The van der Waals surface area contributed by atoms with Crippen LogP contribution in [0.1, 0.15) is 31.2 Å². The number of rotatable bonds is 7. The Kier molecular flexibility index (Phi) is 7.13. The molecule has 118 valence electrons. The molecule has 0 aromatic heterocycles. The van der Waals surface area contributed by atoms with Gasteiger partial charge in [-0.1, -0.05) is 28.1 Å². The minimum Gasteiger partial charge on any atom is -0.394 e. The van der Waals surface area contributed by atoms with Crippen molar-refractivity contribution in [1.29, 1.82) is 0 Å². The molecular formula is C16H23BrO4. The van der Waals surface area contributed by atoms with E-state index in [9.17, 15) is 5.11 Å². The zero-order chi connectivity index (χ0) is 15.1. The van der Waals surface area contributed by atoms with E-state index < -0.39 is 12.4 Å². The molecule has 1 fully saturated rings. The maximum Gasteiger partial charge on any atom is 0.160 e. The highest BCUT2D eigenvalue weighted by molar-refractivity contribution is 9.10. The molecule has 3 unspecified atom stereocenters. The van der Waals surface area contributed by atoms with Crippen molar-refractivity contribution in [2.45, 2.75) is 50.6 Å². The molecular weight excluding hydrogens is 336 g/mol. The van der Waals surface area contributed by atoms with Crippen LogP contribution in [0.4, 0.5) is 0 Å². The molecule has 1 saturated heterocycles. The van der Waals surface area contributed by atoms with Gasteiger partial charge in [0.25, 0.3) is 0 Å². The van der Waals surface area contributed by atoms with Gasteiger partial charge >= 0.3 is 0 Å². The molecule has 0 bridgehead atoms. The van der Waals surface area contributed by atoms with Gasteiger partial charge in [-0.2, -0.15) is 0 Å². The van der Waals surface area contributed by atoms with Crippen LogP contribution in [0.3, 0.4) is 0 Å². The summed E-state index contributed by atoms with van der Waals surface area (Å²) in [6.45, 7) is 0.548. The fourth-order valence-electron chi connectivity index (χ4n) is 2.47. The van der Waals surface area contributed by atoms with Crippen LogP contribution in [0, 0.1) is 0 Å². The molecule has 4 nitrogen and oxygen atoms in total. The van der Waals surface area contributed by atoms with Crippen LogP contribution in [0.5, 0.6) is 0 Å². The molecule has 0 amide bonds. The van der Waals surface area contributed by atoms with Gasteiger partial charge in [-0.25, -0.2) is 0 Å². The third-order valence-electron chi connectivity index (χ3n) is 3.62. The summed E-state index contributed by atoms with van der Waals surface area (Å²) in [5.41, 5.74) is 1.32. The first-order valence-corrected chi connectivity index (χ1v) is 8.27. The predicted molar refractivity (Wildman–Crippen MR) is 84.0 cm³/mol. The van der Waals surface area contributed by atoms with E-state index in [0.29, 0.717) is 19.4 Å². The van der Waals surface area contributed by atoms with Crippen molar-refractivity contribution in [1.82, 2.24) is 0 Å². The Hall–Kier alpha value is -0.460. The zero-order valence-electron chi connectivity index (χ0n) is 12.1. The third-order valence-corrected chi connectivity index (χ3v) is 4.15. The first-order chi connectivity index (χ1) is 10.2. The lowest BCUT2D eigenvalue weighted by Crippen LogP contribution is -2.39. The zero-order valence-corrected chi connectivity index (χ0v) is 13.7. The Morgan fingerprint density at radius 2 is 1.95 bits per heavy atom. The largest absolute Gasteiger partial charge is 0.394 e. The maximum absolute atomic E-state index is 9.68. The Labute approximate surface area is 134 Å². The number of unbranched alkanes of at least 4 members (excludes halogenated alkanes) is 1. The quantitative estimate of drug-likeness (QED) is 0.735. The summed E-state index contributed by atoms with van der Waals surface area (Å²) in [5, 5.41) is 18.8. The number of hydrogen-bond acceptors (Lipinski definition) is 4. The van der Waals surface area contributed by atoms with Gasteiger partial charge in [0.05, 0.1) is 18.8 Å². The summed E-state index contributed by atoms with van der Waals surface area (Å²) in [6, 6.07) is 8.35. The Balaban J connectivity index is 1.60. The average Bonchev–Trinajstić information content (AvgIpc) is 2.48. The van der Waals surface area contributed by atoms with Gasteiger partial charge in [-0.15, -0.1) is 0 Å². The average molecular weight is 359 g/mol. The van der Waals surface area contributed by atoms with E-state index in [1.165, 1.54) is 5.56 Å². The molecule has 0 radical (unpaired) electrons. The molecule has 1 aliphatic rings. The van der Waals surface area contributed by atoms with E-state index in [0.717, 1.165) is 23.7 Å². The molecule has 0 spiro atoms. The Morgan fingerprint density at radius 3 is 2.67 bits per heavy atom. The molecule has 2 N–H and O–H groups in total. The van der Waals surface area contributed by atoms with Gasteiger partial charge in [0.2, 0.25) is 0 Å². The summed E-state index contributed by atoms with van der Waals surface area (Å²) >= 11 is 3.43. The number of halogens is 1. The van der Waals surface area contributed by atoms with Crippen LogP contribution in [0.2, 0.25) is 0 Å². The topological polar surface area (TPSA) is 58.9 Å². The van der Waals surface area contributed by atoms with Crippen LogP contribution < -0.4 is 0 Å². The smallest absolute Gasteiger partial charge is 0.160 e. The van der Waals surface area contributed by atoms with E-state index >= 15 is 0 Å². The van der Waals surface area contributed by atoms with E-state index in [1.807, 2.05) is 0 Å². The highest BCUT2D eigenvalue weighted by atomic mass is 79.9. The number of aliphatic hydroxyl groups is 2. The van der Waals surface area contributed by atoms with Crippen molar-refractivity contribution >= 4 is 15.9 Å². The van der Waals surface area contributed by atoms with Crippen molar-refractivity contribution in [3.8, 4) is 0 Å². The van der Waals surface area contributed by atoms with Crippen molar-refractivity contribution in [2.75, 3.05) is 13.2 Å². The van der Waals surface area contributed by atoms with Gasteiger partial charge in [0, 0.05) is 23.9 Å². The molecule has 1 aliphatic heterocycles. The fourth-order valence-corrected chi connectivity index (χ4v) is 2.73. The molecule has 1 aromatic carbocycles. The lowest BCUT2D eigenvalue weighted by atomic mass is 10.1. The second-order valence-electron chi connectivity index (χ2n) is 5.45. The lowest BCUT2D eigenvalue weighted by molar-refractivity contribution is -0.221. The van der Waals surface area contributed by atoms with Gasteiger partial charge < -0.3 is 19.7 Å². The van der Waals surface area contributed by atoms with Crippen LogP contribution in [0.15, 0.2) is 28.7 Å². The summed E-state index contributed by atoms with van der Waals surface area (Å²) in [6.07, 6.45) is 2.88. The summed E-state index contributed by atoms with van der Waals surface area (Å²) < 4.78 is 12.3. The summed E-state index contributed by atoms with van der Waals surface area (Å²) in [5.74, 6) is 0. The van der Waals surface area contributed by atoms with Crippen LogP contribution in [-0.2, 0) is 15.9 Å². The number of benzene rings is 1. The highest BCUT2D eigenvalue weighted by Crippen LogP contribution is 2.20. The number of aliphatic hydroxyl groups excluding tert-OH is 2. The molecule has 5 heteroatoms. The first-order valence-electron chi connectivity index (χ1n) is 7.48. The highest BCUT2D eigenvalue weighted by Gasteiger charge is 2.28. The minimum atomic E-state index is -0.441. The number of aryl methyl sites for hydroxylation is 1. The summed E-state index contributed by atoms with van der Waals surface area (Å²) in [4.78, 5) is 0. The van der Waals surface area contributed by atoms with Crippen molar-refractivity contribution in [2.24, 2.45) is 0 Å². The molecule has 21 heavy (non-hydrogen) atoms. The van der Waals surface area contributed by atoms with E-state index in [4.69, 9.17) is 14.6 Å². The molecule has 0 aliphatic carbocycles. The molecule has 0 saturated carbocycles. The van der Waals surface area contributed by atoms with Gasteiger partial charge in [0.15, 0.2) is 6.29 Å².